The fraction of sp³-hybridized carbons (Fsp3) is 0.857. The molecule has 0 aromatic heterocycles. The van der Waals surface area contributed by atoms with E-state index in [1.165, 1.54) is 25.7 Å². The van der Waals surface area contributed by atoms with Crippen LogP contribution in [-0.2, 0) is 9.53 Å². The van der Waals surface area contributed by atoms with Crippen molar-refractivity contribution in [1.29, 1.82) is 0 Å². The SMILES string of the molecule is CCOC(=O)N1CCN(C(=O)CNC2CCCC2)CC1. The van der Waals surface area contributed by atoms with Crippen molar-refractivity contribution in [1.82, 2.24) is 15.1 Å². The Hall–Kier alpha value is -1.30. The number of rotatable bonds is 4. The van der Waals surface area contributed by atoms with Crippen LogP contribution in [0.15, 0.2) is 0 Å². The first-order chi connectivity index (χ1) is 9.70. The van der Waals surface area contributed by atoms with E-state index in [0.29, 0.717) is 45.4 Å². The Morgan fingerprint density at radius 1 is 1.10 bits per heavy atom. The second-order valence-corrected chi connectivity index (χ2v) is 5.43. The molecule has 0 aromatic carbocycles. The summed E-state index contributed by atoms with van der Waals surface area (Å²) in [5, 5.41) is 3.34. The predicted octanol–water partition coefficient (Wildman–Crippen LogP) is 0.819. The van der Waals surface area contributed by atoms with Gasteiger partial charge in [-0.3, -0.25) is 4.79 Å². The number of carbonyl (C=O) groups excluding carboxylic acids is 2. The van der Waals surface area contributed by atoms with Crippen LogP contribution in [-0.4, -0.2) is 67.2 Å². The molecule has 2 fully saturated rings. The van der Waals surface area contributed by atoms with E-state index in [-0.39, 0.29) is 12.0 Å². The van der Waals surface area contributed by atoms with E-state index in [0.717, 1.165) is 0 Å². The Kier molecular flexibility index (Phi) is 5.64. The molecule has 1 aliphatic heterocycles. The largest absolute Gasteiger partial charge is 0.450 e. The minimum Gasteiger partial charge on any atom is -0.450 e. The van der Waals surface area contributed by atoms with E-state index >= 15 is 0 Å². The molecule has 1 heterocycles. The van der Waals surface area contributed by atoms with Crippen LogP contribution >= 0.6 is 0 Å². The summed E-state index contributed by atoms with van der Waals surface area (Å²) in [6.07, 6.45) is 4.63. The van der Waals surface area contributed by atoms with Gasteiger partial charge in [-0.1, -0.05) is 12.8 Å². The third kappa shape index (κ3) is 4.10. The molecule has 2 aliphatic rings. The van der Waals surface area contributed by atoms with Gasteiger partial charge < -0.3 is 19.9 Å². The summed E-state index contributed by atoms with van der Waals surface area (Å²) in [7, 11) is 0. The van der Waals surface area contributed by atoms with Gasteiger partial charge in [0.2, 0.25) is 5.91 Å². The van der Waals surface area contributed by atoms with Crippen LogP contribution < -0.4 is 5.32 Å². The number of hydrogen-bond donors (Lipinski definition) is 1. The lowest BCUT2D eigenvalue weighted by Gasteiger charge is -2.34. The van der Waals surface area contributed by atoms with Gasteiger partial charge in [0, 0.05) is 32.2 Å². The second-order valence-electron chi connectivity index (χ2n) is 5.43. The normalized spacial score (nSPS) is 20.2. The molecule has 0 aromatic rings. The molecule has 2 rings (SSSR count). The summed E-state index contributed by atoms with van der Waals surface area (Å²) in [5.41, 5.74) is 0. The van der Waals surface area contributed by atoms with Gasteiger partial charge in [0.05, 0.1) is 13.2 Å². The van der Waals surface area contributed by atoms with E-state index in [4.69, 9.17) is 4.74 Å². The Morgan fingerprint density at radius 2 is 1.70 bits per heavy atom. The van der Waals surface area contributed by atoms with Crippen molar-refractivity contribution in [2.24, 2.45) is 0 Å². The molecule has 0 radical (unpaired) electrons. The lowest BCUT2D eigenvalue weighted by Crippen LogP contribution is -2.52. The van der Waals surface area contributed by atoms with Gasteiger partial charge in [-0.25, -0.2) is 4.79 Å². The number of nitrogens with zero attached hydrogens (tertiary/aromatic N) is 2. The van der Waals surface area contributed by atoms with Crippen molar-refractivity contribution in [2.45, 2.75) is 38.6 Å². The number of piperazine rings is 1. The van der Waals surface area contributed by atoms with Crippen LogP contribution in [0, 0.1) is 0 Å². The van der Waals surface area contributed by atoms with Gasteiger partial charge in [0.25, 0.3) is 0 Å². The third-order valence-corrected chi connectivity index (χ3v) is 4.06. The number of hydrogen-bond acceptors (Lipinski definition) is 4. The molecule has 20 heavy (non-hydrogen) atoms. The zero-order valence-corrected chi connectivity index (χ0v) is 12.3. The first-order valence-electron chi connectivity index (χ1n) is 7.63. The lowest BCUT2D eigenvalue weighted by atomic mass is 10.2. The third-order valence-electron chi connectivity index (χ3n) is 4.06. The monoisotopic (exact) mass is 283 g/mol. The molecule has 0 bridgehead atoms. The fourth-order valence-corrected chi connectivity index (χ4v) is 2.83. The van der Waals surface area contributed by atoms with E-state index < -0.39 is 0 Å². The first kappa shape index (κ1) is 15.1. The molecular formula is C14H25N3O3. The standard InChI is InChI=1S/C14H25N3O3/c1-2-20-14(19)17-9-7-16(8-10-17)13(18)11-15-12-5-3-4-6-12/h12,15H,2-11H2,1H3. The first-order valence-corrected chi connectivity index (χ1v) is 7.63. The zero-order chi connectivity index (χ0) is 14.4. The van der Waals surface area contributed by atoms with Gasteiger partial charge in [-0.2, -0.15) is 0 Å². The van der Waals surface area contributed by atoms with Crippen molar-refractivity contribution in [3.05, 3.63) is 0 Å². The Balaban J connectivity index is 1.67. The average Bonchev–Trinajstić information content (AvgIpc) is 2.98. The van der Waals surface area contributed by atoms with Gasteiger partial charge in [0.15, 0.2) is 0 Å². The zero-order valence-electron chi connectivity index (χ0n) is 12.3. The Labute approximate surface area is 120 Å². The quantitative estimate of drug-likeness (QED) is 0.830. The van der Waals surface area contributed by atoms with Crippen LogP contribution in [0.1, 0.15) is 32.6 Å². The summed E-state index contributed by atoms with van der Waals surface area (Å²) >= 11 is 0. The summed E-state index contributed by atoms with van der Waals surface area (Å²) in [5.74, 6) is 0.139. The van der Waals surface area contributed by atoms with Gasteiger partial charge >= 0.3 is 6.09 Å². The molecule has 6 nitrogen and oxygen atoms in total. The van der Waals surface area contributed by atoms with Crippen molar-refractivity contribution in [3.63, 3.8) is 0 Å². The number of amides is 2. The molecule has 0 atom stereocenters. The van der Waals surface area contributed by atoms with E-state index in [1.807, 2.05) is 4.90 Å². The van der Waals surface area contributed by atoms with Gasteiger partial charge in [-0.05, 0) is 19.8 Å². The number of carbonyl (C=O) groups is 2. The summed E-state index contributed by atoms with van der Waals surface area (Å²) < 4.78 is 4.96. The maximum Gasteiger partial charge on any atom is 0.409 e. The second kappa shape index (κ2) is 7.47. The van der Waals surface area contributed by atoms with Crippen molar-refractivity contribution >= 4 is 12.0 Å². The maximum absolute atomic E-state index is 12.1. The van der Waals surface area contributed by atoms with Gasteiger partial charge in [-0.15, -0.1) is 0 Å². The van der Waals surface area contributed by atoms with Crippen LogP contribution in [0.3, 0.4) is 0 Å². The smallest absolute Gasteiger partial charge is 0.409 e. The maximum atomic E-state index is 12.1. The van der Waals surface area contributed by atoms with E-state index in [2.05, 4.69) is 5.32 Å². The number of nitrogens with one attached hydrogen (secondary N) is 1. The van der Waals surface area contributed by atoms with Crippen LogP contribution in [0.25, 0.3) is 0 Å². The van der Waals surface area contributed by atoms with Crippen molar-refractivity contribution in [3.8, 4) is 0 Å². The average molecular weight is 283 g/mol. The summed E-state index contributed by atoms with van der Waals surface area (Å²) in [6.45, 7) is 4.94. The Morgan fingerprint density at radius 3 is 2.30 bits per heavy atom. The molecule has 1 aliphatic carbocycles. The molecule has 6 heteroatoms. The van der Waals surface area contributed by atoms with Crippen molar-refractivity contribution in [2.75, 3.05) is 39.3 Å². The highest BCUT2D eigenvalue weighted by Gasteiger charge is 2.25. The van der Waals surface area contributed by atoms with E-state index in [1.54, 1.807) is 11.8 Å². The van der Waals surface area contributed by atoms with Crippen LogP contribution in [0.5, 0.6) is 0 Å². The molecule has 0 spiro atoms. The minimum atomic E-state index is -0.274. The van der Waals surface area contributed by atoms with Crippen molar-refractivity contribution < 1.29 is 14.3 Å². The number of ether oxygens (including phenoxy) is 1. The Bertz CT molecular complexity index is 335. The van der Waals surface area contributed by atoms with Crippen LogP contribution in [0.2, 0.25) is 0 Å². The highest BCUT2D eigenvalue weighted by atomic mass is 16.6. The van der Waals surface area contributed by atoms with Crippen LogP contribution in [0.4, 0.5) is 4.79 Å². The topological polar surface area (TPSA) is 61.9 Å². The van der Waals surface area contributed by atoms with E-state index in [9.17, 15) is 9.59 Å². The summed E-state index contributed by atoms with van der Waals surface area (Å²) in [4.78, 5) is 27.1. The molecule has 114 valence electrons. The fourth-order valence-electron chi connectivity index (χ4n) is 2.83. The minimum absolute atomic E-state index is 0.139. The highest BCUT2D eigenvalue weighted by Crippen LogP contribution is 2.17. The molecular weight excluding hydrogens is 258 g/mol. The lowest BCUT2D eigenvalue weighted by molar-refractivity contribution is -0.131. The highest BCUT2D eigenvalue weighted by molar-refractivity contribution is 5.78. The predicted molar refractivity (Wildman–Crippen MR) is 75.4 cm³/mol. The molecule has 1 saturated carbocycles. The summed E-state index contributed by atoms with van der Waals surface area (Å²) in [6, 6.07) is 0.514. The molecule has 1 saturated heterocycles. The molecule has 1 N–H and O–H groups in total. The molecule has 2 amide bonds. The molecule has 0 unspecified atom stereocenters. The van der Waals surface area contributed by atoms with Gasteiger partial charge in [0.1, 0.15) is 0 Å².